The van der Waals surface area contributed by atoms with E-state index >= 15 is 0 Å². The highest BCUT2D eigenvalue weighted by Gasteiger charge is 2.26. The molecular formula is C12H19ClN4O. The molecule has 1 aromatic heterocycles. The molecule has 0 radical (unpaired) electrons. The Kier molecular flexibility index (Phi) is 4.90. The van der Waals surface area contributed by atoms with Gasteiger partial charge in [-0.2, -0.15) is 0 Å². The van der Waals surface area contributed by atoms with Crippen LogP contribution in [0.5, 0.6) is 0 Å². The summed E-state index contributed by atoms with van der Waals surface area (Å²) in [6, 6.07) is 1.65. The van der Waals surface area contributed by atoms with Gasteiger partial charge in [-0.1, -0.05) is 18.5 Å². The quantitative estimate of drug-likeness (QED) is 0.802. The van der Waals surface area contributed by atoms with Crippen LogP contribution in [-0.4, -0.2) is 29.5 Å². The first-order chi connectivity index (χ1) is 8.39. The van der Waals surface area contributed by atoms with Crippen LogP contribution in [0, 0.1) is 5.41 Å². The summed E-state index contributed by atoms with van der Waals surface area (Å²) in [5.41, 5.74) is -0.515. The lowest BCUT2D eigenvalue weighted by Gasteiger charge is -2.23. The maximum Gasteiger partial charge on any atom is 0.227 e. The van der Waals surface area contributed by atoms with Crippen LogP contribution in [0.4, 0.5) is 5.82 Å². The van der Waals surface area contributed by atoms with Crippen molar-refractivity contribution >= 4 is 23.3 Å². The number of carbonyl (C=O) groups is 1. The molecule has 0 spiro atoms. The van der Waals surface area contributed by atoms with Crippen LogP contribution in [0.15, 0.2) is 6.07 Å². The molecule has 0 aliphatic carbocycles. The zero-order valence-electron chi connectivity index (χ0n) is 11.2. The van der Waals surface area contributed by atoms with Crippen LogP contribution in [0.3, 0.4) is 0 Å². The Hall–Kier alpha value is -1.36. The van der Waals surface area contributed by atoms with E-state index in [9.17, 15) is 4.79 Å². The van der Waals surface area contributed by atoms with Crippen molar-refractivity contribution in [2.24, 2.45) is 5.41 Å². The van der Waals surface area contributed by atoms with E-state index in [1.165, 1.54) is 0 Å². The van der Waals surface area contributed by atoms with Crippen LogP contribution in [0.2, 0.25) is 5.15 Å². The summed E-state index contributed by atoms with van der Waals surface area (Å²) in [6.07, 6.45) is 0.716. The van der Waals surface area contributed by atoms with Crippen molar-refractivity contribution in [3.05, 3.63) is 17.0 Å². The van der Waals surface area contributed by atoms with Crippen molar-refractivity contribution in [2.75, 3.05) is 18.9 Å². The van der Waals surface area contributed by atoms with Crippen molar-refractivity contribution in [1.82, 2.24) is 15.3 Å². The summed E-state index contributed by atoms with van der Waals surface area (Å²) in [4.78, 5) is 20.0. The molecule has 0 saturated heterocycles. The fourth-order valence-electron chi connectivity index (χ4n) is 1.44. The lowest BCUT2D eigenvalue weighted by Crippen LogP contribution is -2.39. The molecule has 18 heavy (non-hydrogen) atoms. The minimum Gasteiger partial charge on any atom is -0.369 e. The summed E-state index contributed by atoms with van der Waals surface area (Å²) in [6.45, 7) is 6.16. The van der Waals surface area contributed by atoms with Gasteiger partial charge in [-0.05, 0) is 13.8 Å². The Morgan fingerprint density at radius 1 is 1.44 bits per heavy atom. The summed E-state index contributed by atoms with van der Waals surface area (Å²) in [7, 11) is 1.63. The van der Waals surface area contributed by atoms with Gasteiger partial charge >= 0.3 is 0 Å². The van der Waals surface area contributed by atoms with Crippen molar-refractivity contribution in [2.45, 2.75) is 27.2 Å². The van der Waals surface area contributed by atoms with Gasteiger partial charge in [0, 0.05) is 26.1 Å². The molecule has 5 nitrogen and oxygen atoms in total. The third kappa shape index (κ3) is 3.84. The van der Waals surface area contributed by atoms with E-state index in [2.05, 4.69) is 20.6 Å². The third-order valence-electron chi connectivity index (χ3n) is 2.61. The van der Waals surface area contributed by atoms with E-state index in [-0.39, 0.29) is 5.91 Å². The first kappa shape index (κ1) is 14.7. The van der Waals surface area contributed by atoms with Crippen LogP contribution >= 0.6 is 11.6 Å². The van der Waals surface area contributed by atoms with E-state index in [0.29, 0.717) is 29.8 Å². The normalized spacial score (nSPS) is 11.2. The summed E-state index contributed by atoms with van der Waals surface area (Å²) in [5.74, 6) is 1.30. The Morgan fingerprint density at radius 3 is 2.67 bits per heavy atom. The molecule has 0 atom stereocenters. The van der Waals surface area contributed by atoms with Gasteiger partial charge in [0.15, 0.2) is 0 Å². The maximum absolute atomic E-state index is 11.6. The Morgan fingerprint density at radius 2 is 2.11 bits per heavy atom. The minimum absolute atomic E-state index is 0.0223. The molecule has 0 aliphatic heterocycles. The van der Waals surface area contributed by atoms with Gasteiger partial charge < -0.3 is 10.6 Å². The van der Waals surface area contributed by atoms with E-state index in [1.54, 1.807) is 13.1 Å². The van der Waals surface area contributed by atoms with Crippen LogP contribution < -0.4 is 10.6 Å². The van der Waals surface area contributed by atoms with Gasteiger partial charge in [0.25, 0.3) is 0 Å². The molecule has 2 N–H and O–H groups in total. The van der Waals surface area contributed by atoms with Crippen molar-refractivity contribution in [3.8, 4) is 0 Å². The van der Waals surface area contributed by atoms with Crippen molar-refractivity contribution in [3.63, 3.8) is 0 Å². The van der Waals surface area contributed by atoms with Gasteiger partial charge in [0.2, 0.25) is 5.91 Å². The fourth-order valence-corrected chi connectivity index (χ4v) is 1.64. The van der Waals surface area contributed by atoms with Crippen molar-refractivity contribution in [1.29, 1.82) is 0 Å². The van der Waals surface area contributed by atoms with Gasteiger partial charge in [-0.15, -0.1) is 0 Å². The first-order valence-corrected chi connectivity index (χ1v) is 6.26. The minimum atomic E-state index is -0.515. The number of carbonyl (C=O) groups excluding carboxylic acids is 1. The largest absolute Gasteiger partial charge is 0.369 e. The maximum atomic E-state index is 11.6. The number of anilines is 1. The highest BCUT2D eigenvalue weighted by Crippen LogP contribution is 2.18. The second-order valence-electron chi connectivity index (χ2n) is 4.66. The van der Waals surface area contributed by atoms with E-state index in [1.807, 2.05) is 20.8 Å². The molecule has 0 aliphatic rings. The Balaban J connectivity index is 2.74. The molecule has 0 saturated carbocycles. The summed E-state index contributed by atoms with van der Waals surface area (Å²) < 4.78 is 0. The molecule has 0 unspecified atom stereocenters. The average molecular weight is 271 g/mol. The van der Waals surface area contributed by atoms with E-state index in [0.717, 1.165) is 0 Å². The second kappa shape index (κ2) is 6.00. The number of nitrogens with one attached hydrogen (secondary N) is 2. The van der Waals surface area contributed by atoms with Gasteiger partial charge in [-0.3, -0.25) is 4.79 Å². The van der Waals surface area contributed by atoms with Crippen LogP contribution in [0.1, 0.15) is 26.6 Å². The predicted molar refractivity (Wildman–Crippen MR) is 72.8 cm³/mol. The van der Waals surface area contributed by atoms with Gasteiger partial charge in [-0.25, -0.2) is 9.97 Å². The molecule has 1 heterocycles. The molecule has 1 aromatic rings. The number of halogens is 1. The van der Waals surface area contributed by atoms with Crippen LogP contribution in [-0.2, 0) is 11.2 Å². The molecule has 1 rings (SSSR count). The molecule has 1 amide bonds. The number of rotatable bonds is 5. The monoisotopic (exact) mass is 270 g/mol. The molecule has 100 valence electrons. The average Bonchev–Trinajstić information content (AvgIpc) is 2.34. The summed E-state index contributed by atoms with van der Waals surface area (Å²) >= 11 is 5.90. The fraction of sp³-hybridized carbons (Fsp3) is 0.583. The van der Waals surface area contributed by atoms with Gasteiger partial charge in [0.05, 0.1) is 5.41 Å². The standard InChI is InChI=1S/C12H19ClN4O/c1-5-9-16-8(13)6-10(17-9)15-7-12(2,3)11(18)14-4/h6H,5,7H2,1-4H3,(H,14,18)(H,15,16,17). The number of hydrogen-bond acceptors (Lipinski definition) is 4. The highest BCUT2D eigenvalue weighted by atomic mass is 35.5. The first-order valence-electron chi connectivity index (χ1n) is 5.88. The number of hydrogen-bond donors (Lipinski definition) is 2. The SMILES string of the molecule is CCc1nc(Cl)cc(NCC(C)(C)C(=O)NC)n1. The Labute approximate surface area is 112 Å². The van der Waals surface area contributed by atoms with E-state index < -0.39 is 5.41 Å². The number of nitrogens with zero attached hydrogens (tertiary/aromatic N) is 2. The molecule has 6 heteroatoms. The number of amides is 1. The Bertz CT molecular complexity index is 434. The highest BCUT2D eigenvalue weighted by molar-refractivity contribution is 6.29. The second-order valence-corrected chi connectivity index (χ2v) is 5.05. The van der Waals surface area contributed by atoms with E-state index in [4.69, 9.17) is 11.6 Å². The zero-order valence-corrected chi connectivity index (χ0v) is 11.9. The smallest absolute Gasteiger partial charge is 0.227 e. The predicted octanol–water partition coefficient (Wildman–Crippen LogP) is 1.88. The summed E-state index contributed by atoms with van der Waals surface area (Å²) in [5, 5.41) is 6.16. The lowest BCUT2D eigenvalue weighted by molar-refractivity contribution is -0.128. The number of aromatic nitrogens is 2. The molecule has 0 bridgehead atoms. The van der Waals surface area contributed by atoms with Crippen LogP contribution in [0.25, 0.3) is 0 Å². The van der Waals surface area contributed by atoms with Gasteiger partial charge in [0.1, 0.15) is 16.8 Å². The lowest BCUT2D eigenvalue weighted by atomic mass is 9.92. The topological polar surface area (TPSA) is 66.9 Å². The molecule has 0 fully saturated rings. The zero-order chi connectivity index (χ0) is 13.8. The third-order valence-corrected chi connectivity index (χ3v) is 2.80. The molecule has 0 aromatic carbocycles. The molecular weight excluding hydrogens is 252 g/mol. The van der Waals surface area contributed by atoms with Crippen molar-refractivity contribution < 1.29 is 4.79 Å². The number of aryl methyl sites for hydroxylation is 1.